The van der Waals surface area contributed by atoms with Crippen molar-refractivity contribution in [3.05, 3.63) is 78.3 Å². The summed E-state index contributed by atoms with van der Waals surface area (Å²) in [5.74, 6) is 2.05. The molecular weight excluding hydrogens is 302 g/mol. The van der Waals surface area contributed by atoms with Crippen LogP contribution in [0.2, 0.25) is 0 Å². The largest absolute Gasteiger partial charge is 0.469 e. The summed E-state index contributed by atoms with van der Waals surface area (Å²) in [5, 5.41) is 3.18. The van der Waals surface area contributed by atoms with Gasteiger partial charge in [-0.2, -0.15) is 0 Å². The van der Waals surface area contributed by atoms with E-state index in [4.69, 9.17) is 4.42 Å². The van der Waals surface area contributed by atoms with Crippen molar-refractivity contribution in [2.45, 2.75) is 24.8 Å². The van der Waals surface area contributed by atoms with Crippen LogP contribution in [0.5, 0.6) is 0 Å². The van der Waals surface area contributed by atoms with E-state index >= 15 is 0 Å². The summed E-state index contributed by atoms with van der Waals surface area (Å²) in [6.45, 7) is 0. The summed E-state index contributed by atoms with van der Waals surface area (Å²) in [6.07, 6.45) is 6.68. The minimum Gasteiger partial charge on any atom is -0.469 e. The van der Waals surface area contributed by atoms with E-state index in [9.17, 15) is 4.79 Å². The Labute approximate surface area is 140 Å². The highest BCUT2D eigenvalue weighted by atomic mass is 16.3. The summed E-state index contributed by atoms with van der Waals surface area (Å²) >= 11 is 0. The van der Waals surface area contributed by atoms with Gasteiger partial charge in [0.1, 0.15) is 11.6 Å². The van der Waals surface area contributed by atoms with Crippen LogP contribution in [-0.4, -0.2) is 15.9 Å². The average Bonchev–Trinajstić information content (AvgIpc) is 3.02. The molecule has 1 aromatic carbocycles. The molecule has 0 unspecified atom stereocenters. The third-order valence-electron chi connectivity index (χ3n) is 4.51. The number of nitrogens with one attached hydrogen (secondary N) is 2. The lowest BCUT2D eigenvalue weighted by atomic mass is 10.0. The topological polar surface area (TPSA) is 70.9 Å². The third-order valence-corrected chi connectivity index (χ3v) is 4.51. The van der Waals surface area contributed by atoms with Crippen LogP contribution in [0.3, 0.4) is 0 Å². The molecule has 0 saturated heterocycles. The van der Waals surface area contributed by atoms with Crippen LogP contribution in [0.4, 0.5) is 0 Å². The number of amides is 1. The number of aromatic nitrogens is 2. The van der Waals surface area contributed by atoms with Gasteiger partial charge in [0.2, 0.25) is 5.91 Å². The van der Waals surface area contributed by atoms with Crippen LogP contribution in [0, 0.1) is 5.92 Å². The summed E-state index contributed by atoms with van der Waals surface area (Å²) in [6, 6.07) is 13.7. The minimum atomic E-state index is -0.0947. The Bertz CT molecular complexity index is 781. The van der Waals surface area contributed by atoms with E-state index in [0.717, 1.165) is 23.6 Å². The highest BCUT2D eigenvalue weighted by molar-refractivity contribution is 5.83. The molecule has 1 saturated carbocycles. The zero-order valence-corrected chi connectivity index (χ0v) is 13.2. The number of aromatic amines is 1. The normalized spacial score (nSPS) is 20.5. The Morgan fingerprint density at radius 1 is 1.29 bits per heavy atom. The summed E-state index contributed by atoms with van der Waals surface area (Å²) in [7, 11) is 0. The van der Waals surface area contributed by atoms with Crippen LogP contribution >= 0.6 is 0 Å². The molecule has 0 radical (unpaired) electrons. The first-order chi connectivity index (χ1) is 11.8. The number of benzene rings is 1. The number of carbonyl (C=O) groups excluding carboxylic acids is 1. The predicted molar refractivity (Wildman–Crippen MR) is 89.2 cm³/mol. The quantitative estimate of drug-likeness (QED) is 0.732. The number of furan rings is 1. The van der Waals surface area contributed by atoms with Crippen LogP contribution in [-0.2, 0) is 11.2 Å². The van der Waals surface area contributed by atoms with Crippen molar-refractivity contribution in [3.63, 3.8) is 0 Å². The second-order valence-electron chi connectivity index (χ2n) is 6.18. The molecule has 5 heteroatoms. The first-order valence-corrected chi connectivity index (χ1v) is 8.18. The maximum absolute atomic E-state index is 12.6. The average molecular weight is 321 g/mol. The Hall–Kier alpha value is -2.82. The highest BCUT2D eigenvalue weighted by Gasteiger charge is 2.46. The Balaban J connectivity index is 1.47. The van der Waals surface area contributed by atoms with Crippen molar-refractivity contribution >= 4 is 5.91 Å². The fourth-order valence-electron chi connectivity index (χ4n) is 3.12. The van der Waals surface area contributed by atoms with E-state index in [1.165, 1.54) is 0 Å². The highest BCUT2D eigenvalue weighted by Crippen LogP contribution is 2.47. The zero-order chi connectivity index (χ0) is 16.4. The second kappa shape index (κ2) is 6.35. The van der Waals surface area contributed by atoms with Gasteiger partial charge in [-0.3, -0.25) is 4.79 Å². The second-order valence-corrected chi connectivity index (χ2v) is 6.18. The number of nitrogens with zero attached hydrogens (tertiary/aromatic N) is 1. The molecule has 1 amide bonds. The van der Waals surface area contributed by atoms with Crippen molar-refractivity contribution in [2.24, 2.45) is 5.92 Å². The van der Waals surface area contributed by atoms with E-state index < -0.39 is 0 Å². The van der Waals surface area contributed by atoms with Gasteiger partial charge < -0.3 is 14.7 Å². The van der Waals surface area contributed by atoms with Crippen LogP contribution in [0.1, 0.15) is 35.5 Å². The molecule has 3 aromatic rings. The predicted octanol–water partition coefficient (Wildman–Crippen LogP) is 3.21. The summed E-state index contributed by atoms with van der Waals surface area (Å²) in [4.78, 5) is 20.0. The lowest BCUT2D eigenvalue weighted by molar-refractivity contribution is -0.123. The number of H-pyrrole nitrogens is 1. The lowest BCUT2D eigenvalue weighted by Gasteiger charge is -2.18. The first kappa shape index (κ1) is 14.8. The fraction of sp³-hybridized carbons (Fsp3) is 0.263. The van der Waals surface area contributed by atoms with Gasteiger partial charge in [0, 0.05) is 30.7 Å². The monoisotopic (exact) mass is 321 g/mol. The molecule has 1 aliphatic carbocycles. The summed E-state index contributed by atoms with van der Waals surface area (Å²) in [5.41, 5.74) is 1.08. The van der Waals surface area contributed by atoms with Gasteiger partial charge in [-0.15, -0.1) is 0 Å². The van der Waals surface area contributed by atoms with Gasteiger partial charge >= 0.3 is 0 Å². The Morgan fingerprint density at radius 2 is 2.17 bits per heavy atom. The van der Waals surface area contributed by atoms with Gasteiger partial charge in [-0.05, 0) is 24.1 Å². The van der Waals surface area contributed by atoms with Gasteiger partial charge in [-0.25, -0.2) is 4.98 Å². The molecule has 3 atom stereocenters. The van der Waals surface area contributed by atoms with Crippen molar-refractivity contribution in [1.82, 2.24) is 15.3 Å². The third kappa shape index (κ3) is 3.11. The van der Waals surface area contributed by atoms with E-state index in [-0.39, 0.29) is 23.8 Å². The van der Waals surface area contributed by atoms with E-state index in [1.807, 2.05) is 42.5 Å². The number of carbonyl (C=O) groups is 1. The molecule has 4 rings (SSSR count). The molecule has 2 aromatic heterocycles. The molecular formula is C19H19N3O2. The molecule has 1 aliphatic rings. The van der Waals surface area contributed by atoms with Crippen molar-refractivity contribution in [2.75, 3.05) is 0 Å². The van der Waals surface area contributed by atoms with Gasteiger partial charge in [-0.1, -0.05) is 30.3 Å². The molecule has 1 fully saturated rings. The molecule has 0 aliphatic heterocycles. The van der Waals surface area contributed by atoms with Gasteiger partial charge in [0.25, 0.3) is 0 Å². The van der Waals surface area contributed by atoms with Crippen molar-refractivity contribution < 1.29 is 9.21 Å². The van der Waals surface area contributed by atoms with Crippen LogP contribution in [0.25, 0.3) is 0 Å². The zero-order valence-electron chi connectivity index (χ0n) is 13.2. The SMILES string of the molecule is O=C(N[C@H](Cc1ncc[nH]1)c1ccccc1)[C@H]1C[C@@H]1c1ccco1. The number of imidazole rings is 1. The number of hydrogen-bond acceptors (Lipinski definition) is 3. The maximum Gasteiger partial charge on any atom is 0.224 e. The molecule has 2 N–H and O–H groups in total. The van der Waals surface area contributed by atoms with E-state index in [1.54, 1.807) is 18.7 Å². The Morgan fingerprint density at radius 3 is 2.88 bits per heavy atom. The van der Waals surface area contributed by atoms with Crippen LogP contribution in [0.15, 0.2) is 65.5 Å². The van der Waals surface area contributed by atoms with E-state index in [0.29, 0.717) is 6.42 Å². The van der Waals surface area contributed by atoms with Gasteiger partial charge in [0.15, 0.2) is 0 Å². The first-order valence-electron chi connectivity index (χ1n) is 8.18. The Kier molecular flexibility index (Phi) is 3.91. The molecule has 24 heavy (non-hydrogen) atoms. The number of hydrogen-bond donors (Lipinski definition) is 2. The molecule has 0 spiro atoms. The molecule has 2 heterocycles. The fourth-order valence-corrected chi connectivity index (χ4v) is 3.12. The van der Waals surface area contributed by atoms with Crippen LogP contribution < -0.4 is 5.32 Å². The smallest absolute Gasteiger partial charge is 0.224 e. The van der Waals surface area contributed by atoms with Crippen molar-refractivity contribution in [1.29, 1.82) is 0 Å². The van der Waals surface area contributed by atoms with Crippen molar-refractivity contribution in [3.8, 4) is 0 Å². The van der Waals surface area contributed by atoms with E-state index in [2.05, 4.69) is 15.3 Å². The lowest BCUT2D eigenvalue weighted by Crippen LogP contribution is -2.31. The van der Waals surface area contributed by atoms with Gasteiger partial charge in [0.05, 0.1) is 12.3 Å². The minimum absolute atomic E-state index is 0.000960. The summed E-state index contributed by atoms with van der Waals surface area (Å²) < 4.78 is 5.42. The molecule has 5 nitrogen and oxygen atoms in total. The standard InChI is InChI=1S/C19H19N3O2/c23-19(15-11-14(15)17-7-4-10-24-17)22-16(12-18-20-8-9-21-18)13-5-2-1-3-6-13/h1-10,14-16H,11-12H2,(H,20,21)(H,22,23)/t14-,15-,16+/m0/s1. The molecule has 122 valence electrons. The number of rotatable bonds is 6. The molecule has 0 bridgehead atoms. The maximum atomic E-state index is 12.6.